The average Bonchev–Trinajstić information content (AvgIpc) is 2.50. The molecule has 1 aromatic heterocycles. The van der Waals surface area contributed by atoms with E-state index in [1.807, 2.05) is 0 Å². The maximum Gasteiger partial charge on any atom is 0.451 e. The van der Waals surface area contributed by atoms with E-state index in [0.717, 1.165) is 0 Å². The normalized spacial score (nSPS) is 12.9. The van der Waals surface area contributed by atoms with Crippen LogP contribution in [-0.2, 0) is 11.0 Å². The second kappa shape index (κ2) is 6.24. The molecule has 0 aliphatic rings. The number of anilines is 1. The Morgan fingerprint density at radius 2 is 2.09 bits per heavy atom. The summed E-state index contributed by atoms with van der Waals surface area (Å²) >= 11 is 0. The standard InChI is InChI=1S/C13H12F3N3O4/c1-23-6-2-3-7-8(4-6)18-12(13(14,15)16)19-10(7)17-9(5-20)11(21)22/h2-4,9,20H,5H2,1H3,(H,21,22)(H,17,18,19). The van der Waals surface area contributed by atoms with Gasteiger partial charge >= 0.3 is 12.1 Å². The zero-order valence-electron chi connectivity index (χ0n) is 11.8. The number of nitrogens with zero attached hydrogens (tertiary/aromatic N) is 2. The SMILES string of the molecule is COc1ccc2c(NC(CO)C(=O)O)nc(C(F)(F)F)nc2c1. The van der Waals surface area contributed by atoms with E-state index in [2.05, 4.69) is 15.3 Å². The molecule has 1 aromatic carbocycles. The molecule has 0 aliphatic carbocycles. The molecule has 1 unspecified atom stereocenters. The third-order valence-corrected chi connectivity index (χ3v) is 2.95. The van der Waals surface area contributed by atoms with Gasteiger partial charge in [-0.2, -0.15) is 13.2 Å². The number of rotatable bonds is 5. The van der Waals surface area contributed by atoms with Crippen LogP contribution in [0.5, 0.6) is 5.75 Å². The third-order valence-electron chi connectivity index (χ3n) is 2.95. The summed E-state index contributed by atoms with van der Waals surface area (Å²) in [6.45, 7) is -0.821. The summed E-state index contributed by atoms with van der Waals surface area (Å²) < 4.78 is 43.7. The van der Waals surface area contributed by atoms with Crippen molar-refractivity contribution >= 4 is 22.7 Å². The van der Waals surface area contributed by atoms with Crippen LogP contribution in [0, 0.1) is 0 Å². The summed E-state index contributed by atoms with van der Waals surface area (Å²) in [4.78, 5) is 17.7. The van der Waals surface area contributed by atoms with Crippen molar-refractivity contribution in [2.75, 3.05) is 19.0 Å². The van der Waals surface area contributed by atoms with Crippen molar-refractivity contribution in [2.24, 2.45) is 0 Å². The molecule has 23 heavy (non-hydrogen) atoms. The van der Waals surface area contributed by atoms with Crippen LogP contribution in [0.15, 0.2) is 18.2 Å². The summed E-state index contributed by atoms with van der Waals surface area (Å²) in [5, 5.41) is 20.4. The second-order valence-corrected chi connectivity index (χ2v) is 4.49. The number of aliphatic hydroxyl groups is 1. The number of alkyl halides is 3. The van der Waals surface area contributed by atoms with E-state index >= 15 is 0 Å². The first-order valence-electron chi connectivity index (χ1n) is 6.29. The van der Waals surface area contributed by atoms with Crippen LogP contribution >= 0.6 is 0 Å². The average molecular weight is 331 g/mol. The number of hydrogen-bond donors (Lipinski definition) is 3. The van der Waals surface area contributed by atoms with Gasteiger partial charge in [0.25, 0.3) is 0 Å². The highest BCUT2D eigenvalue weighted by Gasteiger charge is 2.36. The van der Waals surface area contributed by atoms with Gasteiger partial charge in [0.2, 0.25) is 5.82 Å². The first-order valence-corrected chi connectivity index (χ1v) is 6.29. The number of halogens is 3. The number of carboxylic acid groups (broad SMARTS) is 1. The number of benzene rings is 1. The molecule has 0 bridgehead atoms. The number of ether oxygens (including phenoxy) is 1. The number of hydrogen-bond acceptors (Lipinski definition) is 6. The van der Waals surface area contributed by atoms with Crippen LogP contribution in [0.25, 0.3) is 10.9 Å². The summed E-state index contributed by atoms with van der Waals surface area (Å²) in [5.41, 5.74) is -0.0729. The number of carbonyl (C=O) groups is 1. The van der Waals surface area contributed by atoms with Gasteiger partial charge in [0, 0.05) is 11.5 Å². The van der Waals surface area contributed by atoms with Gasteiger partial charge in [-0.3, -0.25) is 0 Å². The monoisotopic (exact) mass is 331 g/mol. The molecule has 0 aliphatic heterocycles. The molecule has 3 N–H and O–H groups in total. The zero-order chi connectivity index (χ0) is 17.2. The Labute approximate surface area is 127 Å². The molecule has 0 saturated carbocycles. The third kappa shape index (κ3) is 3.59. The van der Waals surface area contributed by atoms with Crippen LogP contribution in [-0.4, -0.2) is 45.9 Å². The molecule has 10 heteroatoms. The van der Waals surface area contributed by atoms with E-state index in [-0.39, 0.29) is 22.5 Å². The summed E-state index contributed by atoms with van der Waals surface area (Å²) in [6.07, 6.45) is -4.81. The minimum atomic E-state index is -4.81. The van der Waals surface area contributed by atoms with Crippen LogP contribution in [0.1, 0.15) is 5.82 Å². The van der Waals surface area contributed by atoms with Crippen molar-refractivity contribution in [3.8, 4) is 5.75 Å². The fourth-order valence-electron chi connectivity index (χ4n) is 1.82. The number of aliphatic hydroxyl groups excluding tert-OH is 1. The van der Waals surface area contributed by atoms with Gasteiger partial charge in [-0.15, -0.1) is 0 Å². The Bertz CT molecular complexity index is 736. The van der Waals surface area contributed by atoms with E-state index < -0.39 is 30.6 Å². The molecule has 0 radical (unpaired) electrons. The summed E-state index contributed by atoms with van der Waals surface area (Å²) in [7, 11) is 1.35. The Balaban J connectivity index is 2.62. The Morgan fingerprint density at radius 3 is 2.61 bits per heavy atom. The quantitative estimate of drug-likeness (QED) is 0.763. The van der Waals surface area contributed by atoms with Gasteiger partial charge in [-0.05, 0) is 12.1 Å². The van der Waals surface area contributed by atoms with Gasteiger partial charge < -0.3 is 20.3 Å². The smallest absolute Gasteiger partial charge is 0.451 e. The number of fused-ring (bicyclic) bond motifs is 1. The van der Waals surface area contributed by atoms with Gasteiger partial charge in [0.05, 0.1) is 19.2 Å². The van der Waals surface area contributed by atoms with Crippen LogP contribution in [0.4, 0.5) is 19.0 Å². The largest absolute Gasteiger partial charge is 0.497 e. The van der Waals surface area contributed by atoms with Gasteiger partial charge in [0.15, 0.2) is 0 Å². The van der Waals surface area contributed by atoms with Crippen LogP contribution in [0.2, 0.25) is 0 Å². The maximum absolute atomic E-state index is 12.9. The maximum atomic E-state index is 12.9. The minimum absolute atomic E-state index is 0.0729. The highest BCUT2D eigenvalue weighted by Crippen LogP contribution is 2.31. The number of aliphatic carboxylic acids is 1. The fourth-order valence-corrected chi connectivity index (χ4v) is 1.82. The van der Waals surface area contributed by atoms with Crippen molar-refractivity contribution in [1.29, 1.82) is 0 Å². The van der Waals surface area contributed by atoms with Gasteiger partial charge in [-0.25, -0.2) is 14.8 Å². The lowest BCUT2D eigenvalue weighted by molar-refractivity contribution is -0.144. The first-order chi connectivity index (χ1) is 10.8. The minimum Gasteiger partial charge on any atom is -0.497 e. The fraction of sp³-hybridized carbons (Fsp3) is 0.308. The van der Waals surface area contributed by atoms with E-state index in [4.69, 9.17) is 14.9 Å². The molecule has 0 amide bonds. The van der Waals surface area contributed by atoms with E-state index in [1.165, 1.54) is 25.3 Å². The zero-order valence-corrected chi connectivity index (χ0v) is 11.8. The molecular formula is C13H12F3N3O4. The molecule has 7 nitrogen and oxygen atoms in total. The van der Waals surface area contributed by atoms with Crippen molar-refractivity contribution in [3.05, 3.63) is 24.0 Å². The van der Waals surface area contributed by atoms with Crippen molar-refractivity contribution in [3.63, 3.8) is 0 Å². The van der Waals surface area contributed by atoms with Crippen LogP contribution < -0.4 is 10.1 Å². The van der Waals surface area contributed by atoms with E-state index in [1.54, 1.807) is 0 Å². The Hall–Kier alpha value is -2.62. The van der Waals surface area contributed by atoms with E-state index in [9.17, 15) is 18.0 Å². The molecule has 0 spiro atoms. The highest BCUT2D eigenvalue weighted by molar-refractivity contribution is 5.91. The van der Waals surface area contributed by atoms with Crippen molar-refractivity contribution in [1.82, 2.24) is 9.97 Å². The Kier molecular flexibility index (Phi) is 4.55. The summed E-state index contributed by atoms with van der Waals surface area (Å²) in [5.74, 6) is -2.91. The first kappa shape index (κ1) is 16.7. The number of carboxylic acids is 1. The molecule has 1 atom stereocenters. The molecule has 1 heterocycles. The van der Waals surface area contributed by atoms with Crippen molar-refractivity contribution < 1.29 is 32.9 Å². The van der Waals surface area contributed by atoms with E-state index in [0.29, 0.717) is 0 Å². The number of aromatic nitrogens is 2. The summed E-state index contributed by atoms with van der Waals surface area (Å²) in [6, 6.07) is 2.63. The lowest BCUT2D eigenvalue weighted by Crippen LogP contribution is -2.33. The molecule has 2 aromatic rings. The van der Waals surface area contributed by atoms with Crippen molar-refractivity contribution in [2.45, 2.75) is 12.2 Å². The predicted molar refractivity (Wildman–Crippen MR) is 73.2 cm³/mol. The highest BCUT2D eigenvalue weighted by atomic mass is 19.4. The second-order valence-electron chi connectivity index (χ2n) is 4.49. The number of methoxy groups -OCH3 is 1. The lowest BCUT2D eigenvalue weighted by Gasteiger charge is -2.16. The van der Waals surface area contributed by atoms with Gasteiger partial charge in [-0.1, -0.05) is 0 Å². The molecule has 0 saturated heterocycles. The predicted octanol–water partition coefficient (Wildman–Crippen LogP) is 1.51. The molecule has 124 valence electrons. The number of nitrogens with one attached hydrogen (secondary N) is 1. The topological polar surface area (TPSA) is 105 Å². The Morgan fingerprint density at radius 1 is 1.39 bits per heavy atom. The van der Waals surface area contributed by atoms with Crippen LogP contribution in [0.3, 0.4) is 0 Å². The molecular weight excluding hydrogens is 319 g/mol. The molecule has 0 fully saturated rings. The lowest BCUT2D eigenvalue weighted by atomic mass is 10.2. The molecule has 2 rings (SSSR count). The van der Waals surface area contributed by atoms with Gasteiger partial charge in [0.1, 0.15) is 17.6 Å².